The molecule has 0 saturated heterocycles. The number of aliphatic hydroxyl groups is 2. The molecule has 0 aromatic heterocycles. The Kier molecular flexibility index (Phi) is 32.5. The lowest BCUT2D eigenvalue weighted by Gasteiger charge is -2.22. The Morgan fingerprint density at radius 2 is 1.02 bits per heavy atom. The van der Waals surface area contributed by atoms with Crippen LogP contribution in [0.1, 0.15) is 174 Å². The van der Waals surface area contributed by atoms with Crippen LogP contribution < -0.4 is 5.32 Å². The normalized spacial score (nSPS) is 14.5. The minimum atomic E-state index is -4.45. The summed E-state index contributed by atoms with van der Waals surface area (Å²) in [6.45, 7) is 4.26. The number of carbonyl (C=O) groups is 1. The van der Waals surface area contributed by atoms with Crippen molar-refractivity contribution in [1.29, 1.82) is 0 Å². The van der Waals surface area contributed by atoms with Gasteiger partial charge in [-0.2, -0.15) is 8.42 Å². The van der Waals surface area contributed by atoms with E-state index in [4.69, 9.17) is 0 Å². The molecule has 3 atom stereocenters. The first-order valence-corrected chi connectivity index (χ1v) is 21.0. The molecule has 48 heavy (non-hydrogen) atoms. The van der Waals surface area contributed by atoms with Crippen LogP contribution in [0.4, 0.5) is 0 Å². The molecule has 0 bridgehead atoms. The van der Waals surface area contributed by atoms with Crippen LogP contribution in [-0.2, 0) is 14.9 Å². The highest BCUT2D eigenvalue weighted by Gasteiger charge is 2.27. The van der Waals surface area contributed by atoms with Gasteiger partial charge in [0.1, 0.15) is 6.10 Å². The zero-order valence-electron chi connectivity index (χ0n) is 30.7. The molecule has 0 aliphatic heterocycles. The average molecular weight is 696 g/mol. The smallest absolute Gasteiger partial charge is 0.267 e. The van der Waals surface area contributed by atoms with Gasteiger partial charge in [-0.15, -0.1) is 0 Å². The molecular weight excluding hydrogens is 623 g/mol. The predicted molar refractivity (Wildman–Crippen MR) is 204 cm³/mol. The quantitative estimate of drug-likeness (QED) is 0.0302. The molecule has 1 amide bonds. The molecule has 0 radical (unpaired) electrons. The molecule has 0 spiro atoms. The molecule has 0 saturated carbocycles. The largest absolute Gasteiger partial charge is 0.387 e. The second-order valence-electron chi connectivity index (χ2n) is 13.3. The lowest BCUT2D eigenvalue weighted by molar-refractivity contribution is -0.130. The SMILES string of the molecule is C/C=C/CC/C=C/CC/C=C/C(O)C(CS(=O)(=O)O)NC(=O)C(O)CCCCCCCC/C=C\CCCCCCCCCCCCCC. The van der Waals surface area contributed by atoms with E-state index in [0.717, 1.165) is 44.9 Å². The topological polar surface area (TPSA) is 124 Å². The van der Waals surface area contributed by atoms with Gasteiger partial charge in [0.05, 0.1) is 17.9 Å². The summed E-state index contributed by atoms with van der Waals surface area (Å²) in [6.07, 6.45) is 42.1. The van der Waals surface area contributed by atoms with E-state index in [1.54, 1.807) is 6.08 Å². The Morgan fingerprint density at radius 3 is 1.50 bits per heavy atom. The molecule has 0 aliphatic rings. The second kappa shape index (κ2) is 33.7. The van der Waals surface area contributed by atoms with E-state index in [1.165, 1.54) is 102 Å². The fraction of sp³-hybridized carbons (Fsp3) is 0.775. The van der Waals surface area contributed by atoms with E-state index in [1.807, 2.05) is 19.1 Å². The third kappa shape index (κ3) is 32.8. The van der Waals surface area contributed by atoms with E-state index in [9.17, 15) is 28.0 Å². The van der Waals surface area contributed by atoms with E-state index < -0.39 is 40.0 Å². The summed E-state index contributed by atoms with van der Waals surface area (Å²) in [4.78, 5) is 12.5. The van der Waals surface area contributed by atoms with Gasteiger partial charge in [0.15, 0.2) is 0 Å². The maximum Gasteiger partial charge on any atom is 0.267 e. The van der Waals surface area contributed by atoms with Crippen molar-refractivity contribution in [1.82, 2.24) is 5.32 Å². The summed E-state index contributed by atoms with van der Waals surface area (Å²) in [7, 11) is -4.45. The second-order valence-corrected chi connectivity index (χ2v) is 14.8. The molecular formula is C40H73NO6S. The highest BCUT2D eigenvalue weighted by Crippen LogP contribution is 2.14. The van der Waals surface area contributed by atoms with Gasteiger partial charge in [0.25, 0.3) is 10.1 Å². The molecule has 8 heteroatoms. The standard InChI is InChI=1S/C40H73NO6S/c1-3-5-7-9-11-13-14-15-16-17-18-19-20-21-22-23-24-25-27-29-31-33-35-39(43)40(44)41-37(36-48(45,46)47)38(42)34-32-30-28-26-12-10-8-6-4-2/h4,6,12,21-22,26,32,34,37-39,42-43H,3,5,7-11,13-20,23-25,27-31,33,35-36H2,1-2H3,(H,41,44)(H,45,46,47)/b6-4+,22-21-,26-12+,34-32+. The van der Waals surface area contributed by atoms with E-state index >= 15 is 0 Å². The zero-order chi connectivity index (χ0) is 35.6. The average Bonchev–Trinajstić information content (AvgIpc) is 3.05. The number of unbranched alkanes of at least 4 members (excludes halogenated alkanes) is 20. The van der Waals surface area contributed by atoms with Crippen molar-refractivity contribution < 1.29 is 28.0 Å². The maximum atomic E-state index is 12.5. The Balaban J connectivity index is 3.96. The van der Waals surface area contributed by atoms with Gasteiger partial charge in [-0.05, 0) is 64.7 Å². The summed E-state index contributed by atoms with van der Waals surface area (Å²) >= 11 is 0. The van der Waals surface area contributed by atoms with Crippen molar-refractivity contribution >= 4 is 16.0 Å². The van der Waals surface area contributed by atoms with Crippen molar-refractivity contribution in [2.45, 2.75) is 193 Å². The molecule has 7 nitrogen and oxygen atoms in total. The predicted octanol–water partition coefficient (Wildman–Crippen LogP) is 10.1. The Labute approximate surface area is 295 Å². The van der Waals surface area contributed by atoms with Crippen LogP contribution in [0.5, 0.6) is 0 Å². The van der Waals surface area contributed by atoms with E-state index in [0.29, 0.717) is 12.8 Å². The maximum absolute atomic E-state index is 12.5. The van der Waals surface area contributed by atoms with Gasteiger partial charge in [-0.3, -0.25) is 9.35 Å². The van der Waals surface area contributed by atoms with E-state index in [-0.39, 0.29) is 6.42 Å². The number of aliphatic hydroxyl groups excluding tert-OH is 2. The molecule has 280 valence electrons. The van der Waals surface area contributed by atoms with Crippen LogP contribution in [-0.4, -0.2) is 53.1 Å². The fourth-order valence-corrected chi connectivity index (χ4v) is 6.40. The van der Waals surface area contributed by atoms with Crippen LogP contribution in [0, 0.1) is 0 Å². The fourth-order valence-electron chi connectivity index (χ4n) is 5.67. The van der Waals surface area contributed by atoms with Crippen LogP contribution in [0.3, 0.4) is 0 Å². The van der Waals surface area contributed by atoms with Crippen LogP contribution in [0.2, 0.25) is 0 Å². The van der Waals surface area contributed by atoms with Gasteiger partial charge in [0.2, 0.25) is 5.91 Å². The molecule has 0 aromatic rings. The third-order valence-corrected chi connectivity index (χ3v) is 9.44. The van der Waals surface area contributed by atoms with Crippen LogP contribution in [0.25, 0.3) is 0 Å². The molecule has 0 aliphatic carbocycles. The third-order valence-electron chi connectivity index (χ3n) is 8.66. The lowest BCUT2D eigenvalue weighted by atomic mass is 10.0. The van der Waals surface area contributed by atoms with Crippen LogP contribution >= 0.6 is 0 Å². The summed E-state index contributed by atoms with van der Waals surface area (Å²) < 4.78 is 32.3. The molecule has 0 rings (SSSR count). The van der Waals surface area contributed by atoms with Crippen molar-refractivity contribution in [2.24, 2.45) is 0 Å². The Hall–Kier alpha value is -1.74. The van der Waals surface area contributed by atoms with Crippen molar-refractivity contribution in [3.63, 3.8) is 0 Å². The number of hydrogen-bond acceptors (Lipinski definition) is 5. The summed E-state index contributed by atoms with van der Waals surface area (Å²) in [5, 5.41) is 23.2. The first-order valence-electron chi connectivity index (χ1n) is 19.4. The Bertz CT molecular complexity index is 959. The lowest BCUT2D eigenvalue weighted by Crippen LogP contribution is -2.50. The highest BCUT2D eigenvalue weighted by molar-refractivity contribution is 7.85. The minimum Gasteiger partial charge on any atom is -0.387 e. The minimum absolute atomic E-state index is 0.263. The van der Waals surface area contributed by atoms with Crippen molar-refractivity contribution in [2.75, 3.05) is 5.75 Å². The number of amides is 1. The van der Waals surface area contributed by atoms with Gasteiger partial charge >= 0.3 is 0 Å². The number of hydrogen-bond donors (Lipinski definition) is 4. The van der Waals surface area contributed by atoms with Crippen LogP contribution in [0.15, 0.2) is 48.6 Å². The van der Waals surface area contributed by atoms with Crippen molar-refractivity contribution in [3.8, 4) is 0 Å². The number of carbonyl (C=O) groups excluding carboxylic acids is 1. The summed E-state index contributed by atoms with van der Waals surface area (Å²) in [5.74, 6) is -1.58. The molecule has 0 fully saturated rings. The number of nitrogens with one attached hydrogen (secondary N) is 1. The number of rotatable bonds is 34. The highest BCUT2D eigenvalue weighted by atomic mass is 32.2. The van der Waals surface area contributed by atoms with Crippen molar-refractivity contribution in [3.05, 3.63) is 48.6 Å². The van der Waals surface area contributed by atoms with Gasteiger partial charge in [-0.25, -0.2) is 0 Å². The monoisotopic (exact) mass is 696 g/mol. The first kappa shape index (κ1) is 46.3. The van der Waals surface area contributed by atoms with Gasteiger partial charge < -0.3 is 15.5 Å². The molecule has 4 N–H and O–H groups in total. The Morgan fingerprint density at radius 1 is 0.604 bits per heavy atom. The van der Waals surface area contributed by atoms with Gasteiger partial charge in [-0.1, -0.05) is 158 Å². The zero-order valence-corrected chi connectivity index (χ0v) is 31.5. The van der Waals surface area contributed by atoms with E-state index in [2.05, 4.69) is 36.5 Å². The number of allylic oxidation sites excluding steroid dienone is 7. The molecule has 3 unspecified atom stereocenters. The first-order chi connectivity index (χ1) is 23.2. The molecule has 0 heterocycles. The van der Waals surface area contributed by atoms with Gasteiger partial charge in [0, 0.05) is 0 Å². The summed E-state index contributed by atoms with van der Waals surface area (Å²) in [5.41, 5.74) is 0. The summed E-state index contributed by atoms with van der Waals surface area (Å²) in [6, 6.07) is -1.26. The molecule has 0 aromatic carbocycles.